The number of aromatic nitrogens is 1. The SMILES string of the molecule is CCSCCc1ncc(CC)s1. The molecular weight excluding hydrogens is 186 g/mol. The number of nitrogens with zero attached hydrogens (tertiary/aromatic N) is 1. The van der Waals surface area contributed by atoms with Gasteiger partial charge in [0.1, 0.15) is 0 Å². The number of thioether (sulfide) groups is 1. The molecule has 0 aliphatic rings. The lowest BCUT2D eigenvalue weighted by Gasteiger charge is -1.93. The van der Waals surface area contributed by atoms with E-state index in [1.165, 1.54) is 21.4 Å². The molecule has 0 atom stereocenters. The third kappa shape index (κ3) is 3.15. The smallest absolute Gasteiger partial charge is 0.0935 e. The standard InChI is InChI=1S/C9H15NS2/c1-3-8-7-10-9(12-8)5-6-11-4-2/h7H,3-6H2,1-2H3. The van der Waals surface area contributed by atoms with Crippen molar-refractivity contribution in [3.63, 3.8) is 0 Å². The Bertz CT molecular complexity index is 220. The third-order valence-corrected chi connectivity index (χ3v) is 3.72. The predicted molar refractivity (Wildman–Crippen MR) is 58.2 cm³/mol. The third-order valence-electron chi connectivity index (χ3n) is 1.61. The highest BCUT2D eigenvalue weighted by molar-refractivity contribution is 7.99. The lowest BCUT2D eigenvalue weighted by molar-refractivity contribution is 1.10. The van der Waals surface area contributed by atoms with Crippen LogP contribution in [0.5, 0.6) is 0 Å². The maximum atomic E-state index is 4.36. The van der Waals surface area contributed by atoms with Crippen molar-refractivity contribution >= 4 is 23.1 Å². The van der Waals surface area contributed by atoms with Crippen LogP contribution in [0, 0.1) is 0 Å². The van der Waals surface area contributed by atoms with E-state index in [1.54, 1.807) is 0 Å². The van der Waals surface area contributed by atoms with Gasteiger partial charge >= 0.3 is 0 Å². The summed E-state index contributed by atoms with van der Waals surface area (Å²) in [5.41, 5.74) is 0. The van der Waals surface area contributed by atoms with Crippen LogP contribution in [-0.2, 0) is 12.8 Å². The van der Waals surface area contributed by atoms with Gasteiger partial charge < -0.3 is 0 Å². The predicted octanol–water partition coefficient (Wildman–Crippen LogP) is 3.00. The zero-order valence-corrected chi connectivity index (χ0v) is 9.30. The Morgan fingerprint density at radius 1 is 1.50 bits per heavy atom. The second-order valence-corrected chi connectivity index (χ2v) is 5.11. The highest BCUT2D eigenvalue weighted by Gasteiger charge is 1.99. The van der Waals surface area contributed by atoms with Gasteiger partial charge in [0.05, 0.1) is 5.01 Å². The topological polar surface area (TPSA) is 12.9 Å². The minimum absolute atomic E-state index is 1.12. The van der Waals surface area contributed by atoms with Crippen LogP contribution in [0.3, 0.4) is 0 Å². The summed E-state index contributed by atoms with van der Waals surface area (Å²) < 4.78 is 0. The van der Waals surface area contributed by atoms with Gasteiger partial charge in [-0.3, -0.25) is 0 Å². The van der Waals surface area contributed by atoms with E-state index in [-0.39, 0.29) is 0 Å². The molecule has 0 N–H and O–H groups in total. The first-order chi connectivity index (χ1) is 5.86. The van der Waals surface area contributed by atoms with Crippen LogP contribution in [0.4, 0.5) is 0 Å². The normalized spacial score (nSPS) is 10.5. The Kier molecular flexibility index (Phi) is 4.69. The highest BCUT2D eigenvalue weighted by Crippen LogP contribution is 2.15. The number of aryl methyl sites for hydroxylation is 2. The second-order valence-electron chi connectivity index (χ2n) is 2.52. The van der Waals surface area contributed by atoms with Crippen LogP contribution in [-0.4, -0.2) is 16.5 Å². The monoisotopic (exact) mass is 201 g/mol. The van der Waals surface area contributed by atoms with Crippen molar-refractivity contribution in [3.8, 4) is 0 Å². The van der Waals surface area contributed by atoms with Crippen LogP contribution in [0.15, 0.2) is 6.20 Å². The minimum Gasteiger partial charge on any atom is -0.249 e. The molecule has 0 spiro atoms. The Hall–Kier alpha value is -0.0200. The van der Waals surface area contributed by atoms with E-state index in [0.29, 0.717) is 0 Å². The van der Waals surface area contributed by atoms with Crippen LogP contribution in [0.1, 0.15) is 23.7 Å². The van der Waals surface area contributed by atoms with Gasteiger partial charge in [-0.25, -0.2) is 4.98 Å². The van der Waals surface area contributed by atoms with E-state index in [0.717, 1.165) is 12.8 Å². The van der Waals surface area contributed by atoms with Crippen LogP contribution in [0.25, 0.3) is 0 Å². The number of hydrogen-bond donors (Lipinski definition) is 0. The molecule has 1 rings (SSSR count). The molecule has 0 aromatic carbocycles. The average molecular weight is 201 g/mol. The summed E-state index contributed by atoms with van der Waals surface area (Å²) in [5, 5.41) is 1.30. The fraction of sp³-hybridized carbons (Fsp3) is 0.667. The lowest BCUT2D eigenvalue weighted by Crippen LogP contribution is -1.86. The molecule has 0 aliphatic heterocycles. The van der Waals surface area contributed by atoms with Crippen LogP contribution >= 0.6 is 23.1 Å². The van der Waals surface area contributed by atoms with Gasteiger partial charge in [-0.05, 0) is 17.9 Å². The van der Waals surface area contributed by atoms with Gasteiger partial charge in [-0.2, -0.15) is 11.8 Å². The van der Waals surface area contributed by atoms with Crippen molar-refractivity contribution in [2.75, 3.05) is 11.5 Å². The molecule has 0 amide bonds. The molecule has 1 aromatic heterocycles. The Morgan fingerprint density at radius 2 is 2.33 bits per heavy atom. The summed E-state index contributed by atoms with van der Waals surface area (Å²) >= 11 is 3.85. The van der Waals surface area contributed by atoms with Gasteiger partial charge in [-0.15, -0.1) is 11.3 Å². The van der Waals surface area contributed by atoms with Crippen molar-refractivity contribution in [3.05, 3.63) is 16.1 Å². The van der Waals surface area contributed by atoms with Gasteiger partial charge in [0.25, 0.3) is 0 Å². The summed E-state index contributed by atoms with van der Waals surface area (Å²) in [6.45, 7) is 4.38. The first-order valence-corrected chi connectivity index (χ1v) is 6.35. The minimum atomic E-state index is 1.12. The lowest BCUT2D eigenvalue weighted by atomic mass is 10.4. The molecule has 0 unspecified atom stereocenters. The molecule has 0 fully saturated rings. The Morgan fingerprint density at radius 3 is 2.92 bits per heavy atom. The fourth-order valence-electron chi connectivity index (χ4n) is 0.931. The number of thiazole rings is 1. The molecule has 0 radical (unpaired) electrons. The molecule has 0 bridgehead atoms. The molecule has 1 nitrogen and oxygen atoms in total. The van der Waals surface area contributed by atoms with Crippen molar-refractivity contribution in [1.29, 1.82) is 0 Å². The summed E-state index contributed by atoms with van der Waals surface area (Å²) in [5.74, 6) is 2.43. The zero-order valence-electron chi connectivity index (χ0n) is 7.67. The first-order valence-electron chi connectivity index (χ1n) is 4.38. The van der Waals surface area contributed by atoms with E-state index in [9.17, 15) is 0 Å². The van der Waals surface area contributed by atoms with E-state index in [4.69, 9.17) is 0 Å². The van der Waals surface area contributed by atoms with Crippen molar-refractivity contribution in [2.24, 2.45) is 0 Å². The fourth-order valence-corrected chi connectivity index (χ4v) is 2.55. The van der Waals surface area contributed by atoms with Crippen LogP contribution < -0.4 is 0 Å². The van der Waals surface area contributed by atoms with Gasteiger partial charge in [0.15, 0.2) is 0 Å². The molecule has 0 aliphatic carbocycles. The summed E-state index contributed by atoms with van der Waals surface area (Å²) in [7, 11) is 0. The van der Waals surface area contributed by atoms with Crippen molar-refractivity contribution < 1.29 is 0 Å². The molecule has 68 valence electrons. The second kappa shape index (κ2) is 5.60. The molecule has 0 saturated carbocycles. The number of rotatable bonds is 5. The van der Waals surface area contributed by atoms with Gasteiger partial charge in [0.2, 0.25) is 0 Å². The summed E-state index contributed by atoms with van der Waals surface area (Å²) in [6, 6.07) is 0. The maximum absolute atomic E-state index is 4.36. The maximum Gasteiger partial charge on any atom is 0.0935 e. The van der Waals surface area contributed by atoms with Gasteiger partial charge in [-0.1, -0.05) is 13.8 Å². The summed E-state index contributed by atoms with van der Waals surface area (Å²) in [6.07, 6.45) is 4.28. The number of hydrogen-bond acceptors (Lipinski definition) is 3. The quantitative estimate of drug-likeness (QED) is 0.679. The van der Waals surface area contributed by atoms with Crippen LogP contribution in [0.2, 0.25) is 0 Å². The van der Waals surface area contributed by atoms with E-state index in [2.05, 4.69) is 18.8 Å². The zero-order chi connectivity index (χ0) is 8.81. The molecule has 3 heteroatoms. The Labute approximate surface area is 82.6 Å². The molecular formula is C9H15NS2. The van der Waals surface area contributed by atoms with Gasteiger partial charge in [0, 0.05) is 17.5 Å². The average Bonchev–Trinajstić information content (AvgIpc) is 2.53. The molecule has 12 heavy (non-hydrogen) atoms. The summed E-state index contributed by atoms with van der Waals surface area (Å²) in [4.78, 5) is 5.77. The molecule has 0 saturated heterocycles. The molecule has 1 heterocycles. The largest absolute Gasteiger partial charge is 0.249 e. The van der Waals surface area contributed by atoms with Crippen molar-refractivity contribution in [2.45, 2.75) is 26.7 Å². The van der Waals surface area contributed by atoms with E-state index >= 15 is 0 Å². The molecule has 1 aromatic rings. The highest BCUT2D eigenvalue weighted by atomic mass is 32.2. The van der Waals surface area contributed by atoms with E-state index in [1.807, 2.05) is 29.3 Å². The van der Waals surface area contributed by atoms with Crippen molar-refractivity contribution in [1.82, 2.24) is 4.98 Å². The van der Waals surface area contributed by atoms with E-state index < -0.39 is 0 Å². The first kappa shape index (κ1) is 10.1. The Balaban J connectivity index is 2.31.